The van der Waals surface area contributed by atoms with E-state index < -0.39 is 5.97 Å². The molecule has 3 aromatic rings. The van der Waals surface area contributed by atoms with Crippen LogP contribution in [0, 0.1) is 0 Å². The van der Waals surface area contributed by atoms with Crippen molar-refractivity contribution >= 4 is 16.9 Å². The number of benzene rings is 2. The third-order valence-electron chi connectivity index (χ3n) is 3.86. The highest BCUT2D eigenvalue weighted by atomic mass is 16.5. The van der Waals surface area contributed by atoms with Gasteiger partial charge in [-0.15, -0.1) is 0 Å². The first-order valence-electron chi connectivity index (χ1n) is 7.54. The van der Waals surface area contributed by atoms with Gasteiger partial charge in [-0.1, -0.05) is 24.3 Å². The lowest BCUT2D eigenvalue weighted by molar-refractivity contribution is -0.136. The number of rotatable bonds is 5. The predicted molar refractivity (Wildman–Crippen MR) is 92.4 cm³/mol. The number of carboxylic acids is 1. The Labute approximate surface area is 143 Å². The fraction of sp³-hybridized carbons (Fsp3) is 0.158. The molecule has 1 N–H and O–H groups in total. The Morgan fingerprint density at radius 2 is 1.84 bits per heavy atom. The van der Waals surface area contributed by atoms with Crippen LogP contribution in [0.3, 0.4) is 0 Å². The number of para-hydroxylation sites is 2. The number of fused-ring (bicyclic) bond motifs is 1. The summed E-state index contributed by atoms with van der Waals surface area (Å²) in [5.74, 6) is -0.247. The minimum atomic E-state index is -1.01. The van der Waals surface area contributed by atoms with Gasteiger partial charge in [-0.25, -0.2) is 0 Å². The van der Waals surface area contributed by atoms with E-state index in [-0.39, 0.29) is 34.3 Å². The largest absolute Gasteiger partial charge is 0.496 e. The second-order valence-corrected chi connectivity index (χ2v) is 5.36. The molecule has 1 aromatic heterocycles. The number of methoxy groups -OCH3 is 2. The van der Waals surface area contributed by atoms with Crippen LogP contribution >= 0.6 is 0 Å². The van der Waals surface area contributed by atoms with Crippen LogP contribution in [-0.2, 0) is 11.2 Å². The Hall–Kier alpha value is -3.28. The molecule has 0 aliphatic rings. The SMILES string of the molecule is COc1ccccc1-c1oc2c(CC(=O)O)cccc2c(=O)c1OC. The molecule has 6 heteroatoms. The van der Waals surface area contributed by atoms with Crippen molar-refractivity contribution in [2.75, 3.05) is 14.2 Å². The Morgan fingerprint density at radius 3 is 2.52 bits per heavy atom. The van der Waals surface area contributed by atoms with Crippen LogP contribution in [-0.4, -0.2) is 25.3 Å². The Balaban J connectivity index is 2.39. The highest BCUT2D eigenvalue weighted by Crippen LogP contribution is 2.37. The van der Waals surface area contributed by atoms with Gasteiger partial charge in [0, 0.05) is 5.56 Å². The second kappa shape index (κ2) is 6.68. The normalized spacial score (nSPS) is 10.6. The van der Waals surface area contributed by atoms with Gasteiger partial charge in [0.1, 0.15) is 11.3 Å². The second-order valence-electron chi connectivity index (χ2n) is 5.36. The average molecular weight is 340 g/mol. The number of carbonyl (C=O) groups is 1. The summed E-state index contributed by atoms with van der Waals surface area (Å²) in [4.78, 5) is 23.9. The summed E-state index contributed by atoms with van der Waals surface area (Å²) < 4.78 is 16.6. The monoisotopic (exact) mass is 340 g/mol. The summed E-state index contributed by atoms with van der Waals surface area (Å²) in [5, 5.41) is 9.37. The lowest BCUT2D eigenvalue weighted by Gasteiger charge is -2.13. The van der Waals surface area contributed by atoms with Crippen LogP contribution < -0.4 is 14.9 Å². The minimum Gasteiger partial charge on any atom is -0.496 e. The van der Waals surface area contributed by atoms with E-state index in [0.717, 1.165) is 0 Å². The minimum absolute atomic E-state index is 0.0458. The first kappa shape index (κ1) is 16.6. The quantitative estimate of drug-likeness (QED) is 0.768. The molecule has 0 saturated heterocycles. The number of ether oxygens (including phenoxy) is 2. The molecule has 0 radical (unpaired) electrons. The zero-order valence-corrected chi connectivity index (χ0v) is 13.7. The van der Waals surface area contributed by atoms with Crippen LogP contribution in [0.2, 0.25) is 0 Å². The van der Waals surface area contributed by atoms with Crippen molar-refractivity contribution in [2.45, 2.75) is 6.42 Å². The van der Waals surface area contributed by atoms with E-state index in [1.165, 1.54) is 14.2 Å². The third kappa shape index (κ3) is 2.94. The number of carboxylic acid groups (broad SMARTS) is 1. The molecule has 1 heterocycles. The van der Waals surface area contributed by atoms with Gasteiger partial charge in [-0.2, -0.15) is 0 Å². The predicted octanol–water partition coefficient (Wildman–Crippen LogP) is 3.10. The molecule has 6 nitrogen and oxygen atoms in total. The van der Waals surface area contributed by atoms with Crippen LogP contribution in [0.15, 0.2) is 51.7 Å². The zero-order valence-electron chi connectivity index (χ0n) is 13.7. The van der Waals surface area contributed by atoms with E-state index >= 15 is 0 Å². The molecule has 25 heavy (non-hydrogen) atoms. The average Bonchev–Trinajstić information content (AvgIpc) is 2.61. The fourth-order valence-electron chi connectivity index (χ4n) is 2.76. The van der Waals surface area contributed by atoms with E-state index in [2.05, 4.69) is 0 Å². The number of hydrogen-bond acceptors (Lipinski definition) is 5. The van der Waals surface area contributed by atoms with Crippen LogP contribution in [0.4, 0.5) is 0 Å². The Morgan fingerprint density at radius 1 is 1.08 bits per heavy atom. The van der Waals surface area contributed by atoms with Gasteiger partial charge in [0.25, 0.3) is 0 Å². The number of hydrogen-bond donors (Lipinski definition) is 1. The van der Waals surface area contributed by atoms with E-state index in [4.69, 9.17) is 19.0 Å². The van der Waals surface area contributed by atoms with Gasteiger partial charge in [-0.3, -0.25) is 9.59 Å². The first-order chi connectivity index (χ1) is 12.1. The first-order valence-corrected chi connectivity index (χ1v) is 7.54. The Kier molecular flexibility index (Phi) is 4.43. The molecule has 3 rings (SSSR count). The van der Waals surface area contributed by atoms with Crippen LogP contribution in [0.1, 0.15) is 5.56 Å². The van der Waals surface area contributed by atoms with Gasteiger partial charge in [0.15, 0.2) is 5.76 Å². The summed E-state index contributed by atoms with van der Waals surface area (Å²) in [6.45, 7) is 0. The van der Waals surface area contributed by atoms with Crippen LogP contribution in [0.25, 0.3) is 22.3 Å². The topological polar surface area (TPSA) is 86.0 Å². The summed E-state index contributed by atoms with van der Waals surface area (Å²) in [5.41, 5.74) is 0.834. The molecule has 2 aromatic carbocycles. The molecule has 0 saturated carbocycles. The van der Waals surface area contributed by atoms with Crippen molar-refractivity contribution in [1.29, 1.82) is 0 Å². The molecular formula is C19H16O6. The summed E-state index contributed by atoms with van der Waals surface area (Å²) in [7, 11) is 2.90. The van der Waals surface area contributed by atoms with Crippen molar-refractivity contribution in [2.24, 2.45) is 0 Å². The van der Waals surface area contributed by atoms with Crippen molar-refractivity contribution in [3.8, 4) is 22.8 Å². The summed E-state index contributed by atoms with van der Waals surface area (Å²) in [6.07, 6.45) is -0.252. The molecule has 0 bridgehead atoms. The van der Waals surface area contributed by atoms with Gasteiger partial charge in [0.05, 0.1) is 31.6 Å². The van der Waals surface area contributed by atoms with Crippen molar-refractivity contribution < 1.29 is 23.8 Å². The zero-order chi connectivity index (χ0) is 18.0. The molecule has 0 aliphatic heterocycles. The highest BCUT2D eigenvalue weighted by molar-refractivity contribution is 5.87. The molecule has 0 spiro atoms. The van der Waals surface area contributed by atoms with E-state index in [9.17, 15) is 9.59 Å². The molecule has 128 valence electrons. The number of aliphatic carboxylic acids is 1. The molecule has 0 atom stereocenters. The van der Waals surface area contributed by atoms with Crippen molar-refractivity contribution in [1.82, 2.24) is 0 Å². The van der Waals surface area contributed by atoms with E-state index in [1.54, 1.807) is 42.5 Å². The standard InChI is InChI=1S/C19H16O6/c1-23-14-9-4-3-7-12(14)18-19(24-2)16(22)13-8-5-6-11(10-15(20)21)17(13)25-18/h3-9H,10H2,1-2H3,(H,20,21). The van der Waals surface area contributed by atoms with Gasteiger partial charge in [-0.05, 0) is 18.2 Å². The van der Waals surface area contributed by atoms with Gasteiger partial charge in [0.2, 0.25) is 11.2 Å². The molecule has 0 aliphatic carbocycles. The smallest absolute Gasteiger partial charge is 0.307 e. The lowest BCUT2D eigenvalue weighted by atomic mass is 10.1. The van der Waals surface area contributed by atoms with E-state index in [0.29, 0.717) is 16.9 Å². The van der Waals surface area contributed by atoms with Crippen molar-refractivity contribution in [3.05, 3.63) is 58.3 Å². The maximum atomic E-state index is 12.8. The highest BCUT2D eigenvalue weighted by Gasteiger charge is 2.21. The summed E-state index contributed by atoms with van der Waals surface area (Å²) >= 11 is 0. The van der Waals surface area contributed by atoms with Crippen molar-refractivity contribution in [3.63, 3.8) is 0 Å². The summed E-state index contributed by atoms with van der Waals surface area (Å²) in [6, 6.07) is 11.9. The maximum Gasteiger partial charge on any atom is 0.307 e. The van der Waals surface area contributed by atoms with Gasteiger partial charge >= 0.3 is 5.97 Å². The van der Waals surface area contributed by atoms with Crippen LogP contribution in [0.5, 0.6) is 11.5 Å². The van der Waals surface area contributed by atoms with E-state index in [1.807, 2.05) is 0 Å². The molecule has 0 amide bonds. The maximum absolute atomic E-state index is 12.8. The van der Waals surface area contributed by atoms with Gasteiger partial charge < -0.3 is 19.0 Å². The fourth-order valence-corrected chi connectivity index (χ4v) is 2.76. The Bertz CT molecular complexity index is 1000. The third-order valence-corrected chi connectivity index (χ3v) is 3.86. The lowest BCUT2D eigenvalue weighted by Crippen LogP contribution is -2.10. The molecular weight excluding hydrogens is 324 g/mol. The molecule has 0 unspecified atom stereocenters. The molecule has 0 fully saturated rings.